The van der Waals surface area contributed by atoms with Gasteiger partial charge in [-0.05, 0) is 6.42 Å². The Morgan fingerprint density at radius 2 is 2.83 bits per heavy atom. The lowest BCUT2D eigenvalue weighted by molar-refractivity contribution is -0.119. The standard InChI is InChI=1S/C4H7NO/c6-4-2-1-3-5-4/h1-3H2,(H,5,6)/i2D. The molecule has 0 aromatic heterocycles. The molecule has 1 aliphatic heterocycles. The van der Waals surface area contributed by atoms with Crippen molar-refractivity contribution in [1.29, 1.82) is 0 Å². The predicted octanol–water partition coefficient (Wildman–Crippen LogP) is -0.104. The van der Waals surface area contributed by atoms with Gasteiger partial charge in [0.15, 0.2) is 0 Å². The van der Waals surface area contributed by atoms with Gasteiger partial charge in [0.2, 0.25) is 5.91 Å². The van der Waals surface area contributed by atoms with E-state index < -0.39 is 6.40 Å². The van der Waals surface area contributed by atoms with Gasteiger partial charge in [-0.2, -0.15) is 0 Å². The molecule has 1 aliphatic rings. The van der Waals surface area contributed by atoms with E-state index in [1.807, 2.05) is 0 Å². The molecule has 1 heterocycles. The van der Waals surface area contributed by atoms with Gasteiger partial charge in [0, 0.05) is 14.3 Å². The molecular formula is C4H7NO. The molecule has 1 atom stereocenters. The first-order valence-corrected chi connectivity index (χ1v) is 2.00. The van der Waals surface area contributed by atoms with Crippen LogP contribution in [-0.2, 0) is 4.79 Å². The number of carbonyl (C=O) groups excluding carboxylic acids is 1. The van der Waals surface area contributed by atoms with Crippen molar-refractivity contribution in [2.45, 2.75) is 12.8 Å². The highest BCUT2D eigenvalue weighted by Gasteiger charge is 2.05. The third-order valence-electron chi connectivity index (χ3n) is 0.773. The average molecular weight is 86.1 g/mol. The zero-order valence-corrected chi connectivity index (χ0v) is 3.40. The summed E-state index contributed by atoms with van der Waals surface area (Å²) in [6, 6.07) is 0. The van der Waals surface area contributed by atoms with Crippen LogP contribution >= 0.6 is 0 Å². The average Bonchev–Trinajstić information content (AvgIpc) is 1.91. The van der Waals surface area contributed by atoms with E-state index in [1.54, 1.807) is 0 Å². The molecule has 1 fully saturated rings. The van der Waals surface area contributed by atoms with E-state index in [0.717, 1.165) is 0 Å². The van der Waals surface area contributed by atoms with E-state index in [-0.39, 0.29) is 5.91 Å². The molecule has 0 aromatic carbocycles. The molecule has 6 heavy (non-hydrogen) atoms. The Labute approximate surface area is 37.9 Å². The van der Waals surface area contributed by atoms with Gasteiger partial charge in [-0.25, -0.2) is 0 Å². The summed E-state index contributed by atoms with van der Waals surface area (Å²) in [7, 11) is 0. The molecule has 0 radical (unpaired) electrons. The van der Waals surface area contributed by atoms with Crippen LogP contribution in [0.5, 0.6) is 0 Å². The highest BCUT2D eigenvalue weighted by molar-refractivity contribution is 5.77. The fraction of sp³-hybridized carbons (Fsp3) is 0.750. The first-order chi connectivity index (χ1) is 3.30. The van der Waals surface area contributed by atoms with Gasteiger partial charge >= 0.3 is 0 Å². The van der Waals surface area contributed by atoms with Gasteiger partial charge in [0.05, 0.1) is 0 Å². The maximum absolute atomic E-state index is 10.3. The van der Waals surface area contributed by atoms with Gasteiger partial charge in [0.25, 0.3) is 0 Å². The van der Waals surface area contributed by atoms with Crippen LogP contribution in [-0.4, -0.2) is 12.5 Å². The minimum absolute atomic E-state index is 0.125. The van der Waals surface area contributed by atoms with Gasteiger partial charge in [-0.1, -0.05) is 0 Å². The molecule has 0 aromatic rings. The number of carbonyl (C=O) groups is 1. The van der Waals surface area contributed by atoms with E-state index in [4.69, 9.17) is 1.37 Å². The van der Waals surface area contributed by atoms with Crippen molar-refractivity contribution in [2.75, 3.05) is 6.54 Å². The van der Waals surface area contributed by atoms with Crippen molar-refractivity contribution < 1.29 is 6.17 Å². The third-order valence-corrected chi connectivity index (χ3v) is 0.773. The molecule has 1 rings (SSSR count). The molecule has 0 bridgehead atoms. The van der Waals surface area contributed by atoms with Crippen LogP contribution in [0.4, 0.5) is 0 Å². The SMILES string of the molecule is [2H]C1CCNC1=O. The highest BCUT2D eigenvalue weighted by atomic mass is 16.1. The van der Waals surface area contributed by atoms with Crippen LogP contribution in [0.15, 0.2) is 0 Å². The maximum Gasteiger partial charge on any atom is 0.220 e. The molecule has 1 N–H and O–H groups in total. The van der Waals surface area contributed by atoms with Crippen LogP contribution in [0.1, 0.15) is 14.2 Å². The van der Waals surface area contributed by atoms with Crippen molar-refractivity contribution in [3.63, 3.8) is 0 Å². The molecule has 0 aliphatic carbocycles. The Hall–Kier alpha value is -0.530. The fourth-order valence-corrected chi connectivity index (χ4v) is 0.471. The maximum atomic E-state index is 10.3. The Balaban J connectivity index is 2.48. The Morgan fingerprint density at radius 1 is 2.00 bits per heavy atom. The quantitative estimate of drug-likeness (QED) is 0.438. The zero-order chi connectivity index (χ0) is 5.28. The Bertz CT molecular complexity index is 93.7. The summed E-state index contributed by atoms with van der Waals surface area (Å²) in [4.78, 5) is 10.3. The van der Waals surface area contributed by atoms with Gasteiger partial charge in [-0.3, -0.25) is 4.79 Å². The highest BCUT2D eigenvalue weighted by Crippen LogP contribution is 1.93. The summed E-state index contributed by atoms with van der Waals surface area (Å²) in [6.07, 6.45) is 0.193. The van der Waals surface area contributed by atoms with Crippen LogP contribution in [0.2, 0.25) is 0 Å². The van der Waals surface area contributed by atoms with E-state index in [9.17, 15) is 4.79 Å². The van der Waals surface area contributed by atoms with Crippen molar-refractivity contribution in [2.24, 2.45) is 0 Å². The summed E-state index contributed by atoms with van der Waals surface area (Å²) in [5.41, 5.74) is 0. The fourth-order valence-electron chi connectivity index (χ4n) is 0.471. The minimum atomic E-state index is -0.486. The summed E-state index contributed by atoms with van der Waals surface area (Å²) in [5, 5.41) is 2.54. The molecule has 1 saturated heterocycles. The predicted molar refractivity (Wildman–Crippen MR) is 22.2 cm³/mol. The smallest absolute Gasteiger partial charge is 0.220 e. The van der Waals surface area contributed by atoms with E-state index in [2.05, 4.69) is 5.32 Å². The largest absolute Gasteiger partial charge is 0.356 e. The lowest BCUT2D eigenvalue weighted by Gasteiger charge is -1.80. The molecule has 2 heteroatoms. The number of rotatable bonds is 0. The van der Waals surface area contributed by atoms with Gasteiger partial charge < -0.3 is 5.32 Å². The second-order valence-corrected chi connectivity index (χ2v) is 1.28. The van der Waals surface area contributed by atoms with E-state index in [0.29, 0.717) is 13.0 Å². The van der Waals surface area contributed by atoms with Crippen LogP contribution in [0, 0.1) is 0 Å². The van der Waals surface area contributed by atoms with Crippen molar-refractivity contribution in [1.82, 2.24) is 5.32 Å². The Morgan fingerprint density at radius 3 is 3.00 bits per heavy atom. The minimum Gasteiger partial charge on any atom is -0.356 e. The second-order valence-electron chi connectivity index (χ2n) is 1.28. The first kappa shape index (κ1) is 2.61. The van der Waals surface area contributed by atoms with Gasteiger partial charge in [-0.15, -0.1) is 0 Å². The number of hydrogen-bond donors (Lipinski definition) is 1. The van der Waals surface area contributed by atoms with Crippen molar-refractivity contribution in [3.8, 4) is 0 Å². The second kappa shape index (κ2) is 1.29. The monoisotopic (exact) mass is 86.1 g/mol. The normalized spacial score (nSPS) is 35.7. The number of hydrogen-bond acceptors (Lipinski definition) is 1. The first-order valence-electron chi connectivity index (χ1n) is 2.58. The van der Waals surface area contributed by atoms with Crippen LogP contribution in [0.25, 0.3) is 0 Å². The molecule has 34 valence electrons. The Kier molecular flexibility index (Phi) is 0.560. The van der Waals surface area contributed by atoms with Crippen molar-refractivity contribution in [3.05, 3.63) is 0 Å². The molecule has 2 nitrogen and oxygen atoms in total. The summed E-state index contributed by atoms with van der Waals surface area (Å²) < 4.78 is 6.93. The third kappa shape index (κ3) is 0.506. The molecule has 1 unspecified atom stereocenters. The zero-order valence-electron chi connectivity index (χ0n) is 4.40. The topological polar surface area (TPSA) is 29.1 Å². The number of nitrogens with one attached hydrogen (secondary N) is 1. The summed E-state index contributed by atoms with van der Waals surface area (Å²) >= 11 is 0. The lowest BCUT2D eigenvalue weighted by atomic mass is 10.4. The molecule has 0 spiro atoms. The molecule has 0 saturated carbocycles. The summed E-state index contributed by atoms with van der Waals surface area (Å²) in [6.45, 7) is 0.688. The van der Waals surface area contributed by atoms with E-state index >= 15 is 0 Å². The summed E-state index contributed by atoms with van der Waals surface area (Å²) in [5.74, 6) is -0.125. The van der Waals surface area contributed by atoms with E-state index in [1.165, 1.54) is 0 Å². The van der Waals surface area contributed by atoms with Crippen LogP contribution in [0.3, 0.4) is 0 Å². The van der Waals surface area contributed by atoms with Gasteiger partial charge in [0.1, 0.15) is 0 Å². The lowest BCUT2D eigenvalue weighted by Crippen LogP contribution is -2.12. The molecule has 1 amide bonds. The van der Waals surface area contributed by atoms with Crippen molar-refractivity contribution >= 4 is 5.91 Å². The van der Waals surface area contributed by atoms with Crippen LogP contribution < -0.4 is 5.32 Å². The number of amides is 1. The molecular weight excluding hydrogens is 78.0 g/mol.